The fraction of sp³-hybridized carbons (Fsp3) is 0.0952. The lowest BCUT2D eigenvalue weighted by atomic mass is 10.1. The first-order valence-electron chi connectivity index (χ1n) is 8.65. The molecule has 2 heterocycles. The molecular weight excluding hydrogens is 394 g/mol. The van der Waals surface area contributed by atoms with Crippen LogP contribution in [0.1, 0.15) is 5.56 Å². The average Bonchev–Trinajstić information content (AvgIpc) is 3.14. The van der Waals surface area contributed by atoms with Crippen LogP contribution in [0.4, 0.5) is 5.82 Å². The molecule has 5 nitrogen and oxygen atoms in total. The Morgan fingerprint density at radius 3 is 2.54 bits per heavy atom. The molecule has 0 saturated heterocycles. The van der Waals surface area contributed by atoms with Crippen LogP contribution in [0.15, 0.2) is 66.0 Å². The summed E-state index contributed by atoms with van der Waals surface area (Å²) in [5.74, 6) is 0.0145. The number of anilines is 1. The molecule has 2 aromatic heterocycles. The molecule has 0 saturated carbocycles. The van der Waals surface area contributed by atoms with E-state index in [0.29, 0.717) is 23.1 Å². The minimum absolute atomic E-state index is 0.337. The van der Waals surface area contributed by atoms with Crippen molar-refractivity contribution in [1.29, 1.82) is 0 Å². The summed E-state index contributed by atoms with van der Waals surface area (Å²) in [5.41, 5.74) is 1.66. The van der Waals surface area contributed by atoms with Crippen molar-refractivity contribution in [3.63, 3.8) is 0 Å². The first-order valence-corrected chi connectivity index (χ1v) is 9.91. The Morgan fingerprint density at radius 2 is 1.82 bits per heavy atom. The number of aliphatic carboxylic acids is 1. The average molecular weight is 410 g/mol. The molecule has 1 unspecified atom stereocenters. The second-order valence-corrected chi connectivity index (χ2v) is 7.56. The number of carbonyl (C=O) groups is 1. The molecule has 0 spiro atoms. The van der Waals surface area contributed by atoms with Gasteiger partial charge in [-0.05, 0) is 29.1 Å². The number of thiophene rings is 1. The van der Waals surface area contributed by atoms with Gasteiger partial charge in [-0.2, -0.15) is 0 Å². The van der Waals surface area contributed by atoms with E-state index in [2.05, 4.69) is 15.3 Å². The van der Waals surface area contributed by atoms with Gasteiger partial charge in [-0.3, -0.25) is 0 Å². The summed E-state index contributed by atoms with van der Waals surface area (Å²) in [7, 11) is 0. The number of rotatable bonds is 6. The van der Waals surface area contributed by atoms with E-state index in [4.69, 9.17) is 11.6 Å². The van der Waals surface area contributed by atoms with Gasteiger partial charge in [0.25, 0.3) is 0 Å². The van der Waals surface area contributed by atoms with Crippen molar-refractivity contribution in [2.24, 2.45) is 0 Å². The Labute approximate surface area is 170 Å². The summed E-state index contributed by atoms with van der Waals surface area (Å²) < 4.78 is 0. The highest BCUT2D eigenvalue weighted by molar-refractivity contribution is 7.14. The van der Waals surface area contributed by atoms with Crippen molar-refractivity contribution in [3.05, 3.63) is 76.6 Å². The normalized spacial score (nSPS) is 12.0. The summed E-state index contributed by atoms with van der Waals surface area (Å²) in [6, 6.07) is 18.0. The first kappa shape index (κ1) is 18.4. The summed E-state index contributed by atoms with van der Waals surface area (Å²) in [4.78, 5) is 21.9. The zero-order valence-electron chi connectivity index (χ0n) is 14.7. The standard InChI is InChI=1S/C21H16ClN3O2S/c22-15-10-11-28-18(15)20-23-16-9-5-4-8-14(16)19(25-20)24-17(21(26)27)12-13-6-2-1-3-7-13/h1-11,17H,12H2,(H,26,27)(H,23,24,25). The van der Waals surface area contributed by atoms with Crippen molar-refractivity contribution in [2.45, 2.75) is 12.5 Å². The maximum atomic E-state index is 11.9. The minimum atomic E-state index is -0.942. The van der Waals surface area contributed by atoms with E-state index in [-0.39, 0.29) is 0 Å². The lowest BCUT2D eigenvalue weighted by Gasteiger charge is -2.17. The molecule has 0 aliphatic heterocycles. The van der Waals surface area contributed by atoms with Crippen LogP contribution in [0.3, 0.4) is 0 Å². The first-order chi connectivity index (χ1) is 13.6. The Bertz CT molecular complexity index is 1130. The molecule has 0 amide bonds. The highest BCUT2D eigenvalue weighted by atomic mass is 35.5. The van der Waals surface area contributed by atoms with Crippen molar-refractivity contribution in [1.82, 2.24) is 9.97 Å². The zero-order valence-corrected chi connectivity index (χ0v) is 16.2. The Balaban J connectivity index is 1.75. The smallest absolute Gasteiger partial charge is 0.326 e. The number of benzene rings is 2. The van der Waals surface area contributed by atoms with Gasteiger partial charge in [0, 0.05) is 11.8 Å². The molecule has 140 valence electrons. The van der Waals surface area contributed by atoms with Gasteiger partial charge < -0.3 is 10.4 Å². The number of halogens is 1. The highest BCUT2D eigenvalue weighted by Crippen LogP contribution is 2.33. The Kier molecular flexibility index (Phi) is 5.23. The van der Waals surface area contributed by atoms with Crippen LogP contribution in [0.5, 0.6) is 0 Å². The summed E-state index contributed by atoms with van der Waals surface area (Å²) >= 11 is 7.70. The number of hydrogen-bond acceptors (Lipinski definition) is 5. The molecule has 7 heteroatoms. The van der Waals surface area contributed by atoms with E-state index in [9.17, 15) is 9.90 Å². The number of aromatic nitrogens is 2. The van der Waals surface area contributed by atoms with Gasteiger partial charge >= 0.3 is 5.97 Å². The number of carboxylic acids is 1. The van der Waals surface area contributed by atoms with Crippen molar-refractivity contribution in [2.75, 3.05) is 5.32 Å². The van der Waals surface area contributed by atoms with Gasteiger partial charge in [-0.1, -0.05) is 54.1 Å². The van der Waals surface area contributed by atoms with E-state index < -0.39 is 12.0 Å². The molecule has 2 aromatic carbocycles. The molecule has 0 aliphatic rings. The fourth-order valence-corrected chi connectivity index (χ4v) is 4.03. The maximum absolute atomic E-state index is 11.9. The number of fused-ring (bicyclic) bond motifs is 1. The van der Waals surface area contributed by atoms with Crippen LogP contribution >= 0.6 is 22.9 Å². The van der Waals surface area contributed by atoms with E-state index >= 15 is 0 Å². The van der Waals surface area contributed by atoms with E-state index in [1.165, 1.54) is 11.3 Å². The van der Waals surface area contributed by atoms with E-state index in [1.54, 1.807) is 6.07 Å². The highest BCUT2D eigenvalue weighted by Gasteiger charge is 2.21. The topological polar surface area (TPSA) is 75.1 Å². The van der Waals surface area contributed by atoms with E-state index in [0.717, 1.165) is 21.3 Å². The molecule has 0 fully saturated rings. The summed E-state index contributed by atoms with van der Waals surface area (Å²) in [5, 5.41) is 16.1. The Morgan fingerprint density at radius 1 is 1.07 bits per heavy atom. The molecule has 0 aliphatic carbocycles. The van der Waals surface area contributed by atoms with Gasteiger partial charge in [0.1, 0.15) is 11.9 Å². The van der Waals surface area contributed by atoms with Crippen LogP contribution in [-0.2, 0) is 11.2 Å². The van der Waals surface area contributed by atoms with Crippen LogP contribution in [0.2, 0.25) is 5.02 Å². The fourth-order valence-electron chi connectivity index (χ4n) is 2.96. The molecule has 1 atom stereocenters. The SMILES string of the molecule is O=C(O)C(Cc1ccccc1)Nc1nc(-c2sccc2Cl)nc2ccccc12. The van der Waals surface area contributed by atoms with Crippen LogP contribution in [0.25, 0.3) is 21.6 Å². The van der Waals surface area contributed by atoms with Gasteiger partial charge in [0.15, 0.2) is 5.82 Å². The quantitative estimate of drug-likeness (QED) is 0.462. The van der Waals surface area contributed by atoms with Crippen LogP contribution in [0, 0.1) is 0 Å². The molecular formula is C21H16ClN3O2S. The second-order valence-electron chi connectivity index (χ2n) is 6.24. The third-order valence-corrected chi connectivity index (χ3v) is 5.65. The maximum Gasteiger partial charge on any atom is 0.326 e. The van der Waals surface area contributed by atoms with Gasteiger partial charge in [0.05, 0.1) is 15.4 Å². The monoisotopic (exact) mass is 409 g/mol. The lowest BCUT2D eigenvalue weighted by Crippen LogP contribution is -2.32. The number of nitrogens with one attached hydrogen (secondary N) is 1. The predicted octanol–water partition coefficient (Wildman–Crippen LogP) is 5.12. The second kappa shape index (κ2) is 7.96. The number of para-hydroxylation sites is 1. The third kappa shape index (κ3) is 3.83. The Hall–Kier alpha value is -2.96. The summed E-state index contributed by atoms with van der Waals surface area (Å²) in [6.45, 7) is 0. The van der Waals surface area contributed by atoms with Crippen molar-refractivity contribution < 1.29 is 9.90 Å². The van der Waals surface area contributed by atoms with Crippen LogP contribution in [-0.4, -0.2) is 27.1 Å². The molecule has 2 N–H and O–H groups in total. The number of carboxylic acid groups (broad SMARTS) is 1. The molecule has 4 rings (SSSR count). The predicted molar refractivity (Wildman–Crippen MR) is 113 cm³/mol. The largest absolute Gasteiger partial charge is 0.480 e. The zero-order chi connectivity index (χ0) is 19.5. The molecule has 0 radical (unpaired) electrons. The molecule has 0 bridgehead atoms. The van der Waals surface area contributed by atoms with Crippen molar-refractivity contribution >= 4 is 45.6 Å². The molecule has 28 heavy (non-hydrogen) atoms. The summed E-state index contributed by atoms with van der Waals surface area (Å²) in [6.07, 6.45) is 0.337. The molecule has 4 aromatic rings. The van der Waals surface area contributed by atoms with Gasteiger partial charge in [-0.25, -0.2) is 14.8 Å². The number of hydrogen-bond donors (Lipinski definition) is 2. The number of nitrogens with zero attached hydrogens (tertiary/aromatic N) is 2. The van der Waals surface area contributed by atoms with E-state index in [1.807, 2.05) is 60.0 Å². The third-order valence-electron chi connectivity index (χ3n) is 4.32. The van der Waals surface area contributed by atoms with Crippen LogP contribution < -0.4 is 5.32 Å². The van der Waals surface area contributed by atoms with Gasteiger partial charge in [0.2, 0.25) is 0 Å². The van der Waals surface area contributed by atoms with Gasteiger partial charge in [-0.15, -0.1) is 11.3 Å². The minimum Gasteiger partial charge on any atom is -0.480 e. The van der Waals surface area contributed by atoms with Crippen molar-refractivity contribution in [3.8, 4) is 10.7 Å². The lowest BCUT2D eigenvalue weighted by molar-refractivity contribution is -0.137.